The van der Waals surface area contributed by atoms with Gasteiger partial charge in [0.1, 0.15) is 0 Å². The Morgan fingerprint density at radius 2 is 2.04 bits per heavy atom. The van der Waals surface area contributed by atoms with Gasteiger partial charge in [0.05, 0.1) is 24.8 Å². The number of nitrogens with zero attached hydrogens (tertiary/aromatic N) is 2. The Hall–Kier alpha value is -2.18. The Kier molecular flexibility index (Phi) is 6.56. The highest BCUT2D eigenvalue weighted by Gasteiger charge is 2.16. The van der Waals surface area contributed by atoms with Gasteiger partial charge in [-0.2, -0.15) is 0 Å². The lowest BCUT2D eigenvalue weighted by atomic mass is 10.1. The fraction of sp³-hybridized carbons (Fsp3) is 0.286. The Labute approximate surface area is 158 Å². The van der Waals surface area contributed by atoms with Crippen molar-refractivity contribution in [3.05, 3.63) is 29.3 Å². The normalized spacial score (nSPS) is 11.0. The number of hydrogen-bond acceptors (Lipinski definition) is 9. The van der Waals surface area contributed by atoms with E-state index in [9.17, 15) is 18.0 Å². The third-order valence-corrected chi connectivity index (χ3v) is 5.58. The van der Waals surface area contributed by atoms with Gasteiger partial charge < -0.3 is 4.74 Å². The summed E-state index contributed by atoms with van der Waals surface area (Å²) in [6.45, 7) is 1.64. The predicted octanol–water partition coefficient (Wildman–Crippen LogP) is 1.74. The summed E-state index contributed by atoms with van der Waals surface area (Å²) in [4.78, 5) is 23.6. The van der Waals surface area contributed by atoms with Crippen LogP contribution in [0, 0.1) is 6.92 Å². The van der Waals surface area contributed by atoms with Crippen LogP contribution in [0.1, 0.15) is 15.9 Å². The van der Waals surface area contributed by atoms with Crippen molar-refractivity contribution < 1.29 is 22.7 Å². The van der Waals surface area contributed by atoms with Crippen molar-refractivity contribution in [3.63, 3.8) is 0 Å². The van der Waals surface area contributed by atoms with Crippen molar-refractivity contribution >= 4 is 55.8 Å². The fourth-order valence-electron chi connectivity index (χ4n) is 1.85. The van der Waals surface area contributed by atoms with E-state index < -0.39 is 15.9 Å². The Bertz CT molecular complexity index is 926. The van der Waals surface area contributed by atoms with Gasteiger partial charge in [0.2, 0.25) is 15.2 Å². The second-order valence-electron chi connectivity index (χ2n) is 5.04. The summed E-state index contributed by atoms with van der Waals surface area (Å²) in [7, 11) is -2.16. The third-order valence-electron chi connectivity index (χ3n) is 3.04. The molecule has 0 aliphatic heterocycles. The Morgan fingerprint density at radius 3 is 2.69 bits per heavy atom. The lowest BCUT2D eigenvalue weighted by Gasteiger charge is -2.11. The van der Waals surface area contributed by atoms with Crippen molar-refractivity contribution in [2.75, 3.05) is 29.2 Å². The highest BCUT2D eigenvalue weighted by molar-refractivity contribution is 8.01. The van der Waals surface area contributed by atoms with E-state index in [0.29, 0.717) is 21.2 Å². The van der Waals surface area contributed by atoms with Gasteiger partial charge in [-0.15, -0.1) is 10.2 Å². The molecule has 0 saturated carbocycles. The topological polar surface area (TPSA) is 127 Å². The molecule has 0 radical (unpaired) electrons. The van der Waals surface area contributed by atoms with Crippen LogP contribution in [0.25, 0.3) is 0 Å². The summed E-state index contributed by atoms with van der Waals surface area (Å²) in [5, 5.41) is 10.6. The highest BCUT2D eigenvalue weighted by atomic mass is 32.2. The van der Waals surface area contributed by atoms with E-state index in [1.165, 1.54) is 7.11 Å². The first kappa shape index (κ1) is 20.1. The van der Waals surface area contributed by atoms with Crippen LogP contribution in [-0.4, -0.2) is 49.6 Å². The fourth-order valence-corrected chi connectivity index (χ4v) is 4.05. The van der Waals surface area contributed by atoms with Crippen molar-refractivity contribution in [3.8, 4) is 0 Å². The van der Waals surface area contributed by atoms with E-state index in [-0.39, 0.29) is 16.9 Å². The average molecular weight is 417 g/mol. The smallest absolute Gasteiger partial charge is 0.316 e. The third kappa shape index (κ3) is 5.68. The van der Waals surface area contributed by atoms with Gasteiger partial charge in [-0.25, -0.2) is 8.42 Å². The minimum absolute atomic E-state index is 0.0946. The zero-order valence-corrected chi connectivity index (χ0v) is 16.5. The molecule has 26 heavy (non-hydrogen) atoms. The summed E-state index contributed by atoms with van der Waals surface area (Å²) in [6, 6.07) is 4.72. The van der Waals surface area contributed by atoms with E-state index in [4.69, 9.17) is 0 Å². The molecule has 0 aliphatic rings. The number of thioether (sulfide) groups is 1. The van der Waals surface area contributed by atoms with Gasteiger partial charge >= 0.3 is 5.97 Å². The number of ether oxygens (including phenoxy) is 1. The Balaban J connectivity index is 2.10. The minimum atomic E-state index is -3.46. The van der Waals surface area contributed by atoms with Crippen LogP contribution in [0.4, 0.5) is 10.8 Å². The number of esters is 1. The van der Waals surface area contributed by atoms with Crippen LogP contribution in [0.3, 0.4) is 0 Å². The second-order valence-corrected chi connectivity index (χ2v) is 8.99. The molecule has 1 heterocycles. The standard InChI is InChI=1S/C14H16N4O5S3/c1-8-9(5-4-6-10(8)18-26(3,21)22)12(20)15-13-16-17-14(25-13)24-7-11(19)23-2/h4-6,18H,7H2,1-3H3,(H,15,16,20). The molecule has 0 atom stereocenters. The molecule has 2 N–H and O–H groups in total. The van der Waals surface area contributed by atoms with Gasteiger partial charge in [-0.1, -0.05) is 29.2 Å². The molecule has 2 rings (SSSR count). The lowest BCUT2D eigenvalue weighted by Crippen LogP contribution is -2.16. The number of benzene rings is 1. The number of anilines is 2. The summed E-state index contributed by atoms with van der Waals surface area (Å²) in [6.07, 6.45) is 1.04. The quantitative estimate of drug-likeness (QED) is 0.397. The predicted molar refractivity (Wildman–Crippen MR) is 100 cm³/mol. The van der Waals surface area contributed by atoms with E-state index in [0.717, 1.165) is 29.4 Å². The zero-order chi connectivity index (χ0) is 19.3. The van der Waals surface area contributed by atoms with Crippen LogP contribution in [0.2, 0.25) is 0 Å². The first-order chi connectivity index (χ1) is 12.2. The molecule has 12 heteroatoms. The maximum atomic E-state index is 12.4. The molecular formula is C14H16N4O5S3. The molecule has 0 aliphatic carbocycles. The van der Waals surface area contributed by atoms with Gasteiger partial charge in [0.15, 0.2) is 4.34 Å². The molecule has 0 unspecified atom stereocenters. The Morgan fingerprint density at radius 1 is 1.31 bits per heavy atom. The zero-order valence-electron chi connectivity index (χ0n) is 14.1. The molecule has 1 aromatic carbocycles. The highest BCUT2D eigenvalue weighted by Crippen LogP contribution is 2.26. The molecule has 9 nitrogen and oxygen atoms in total. The van der Waals surface area contributed by atoms with E-state index in [2.05, 4.69) is 25.0 Å². The molecule has 0 fully saturated rings. The number of hydrogen-bond donors (Lipinski definition) is 2. The molecule has 0 saturated heterocycles. The van der Waals surface area contributed by atoms with Gasteiger partial charge in [0, 0.05) is 5.56 Å². The van der Waals surface area contributed by atoms with E-state index in [1.54, 1.807) is 25.1 Å². The van der Waals surface area contributed by atoms with Crippen molar-refractivity contribution in [1.29, 1.82) is 0 Å². The first-order valence-corrected chi connectivity index (χ1v) is 10.8. The molecular weight excluding hydrogens is 400 g/mol. The molecule has 1 aromatic heterocycles. The van der Waals surface area contributed by atoms with Crippen LogP contribution in [0.15, 0.2) is 22.5 Å². The summed E-state index contributed by atoms with van der Waals surface area (Å²) < 4.78 is 30.2. The molecule has 0 spiro atoms. The second kappa shape index (κ2) is 8.47. The van der Waals surface area contributed by atoms with Gasteiger partial charge in [-0.3, -0.25) is 19.6 Å². The summed E-state index contributed by atoms with van der Waals surface area (Å²) in [5.41, 5.74) is 1.12. The van der Waals surface area contributed by atoms with Crippen molar-refractivity contribution in [2.24, 2.45) is 0 Å². The van der Waals surface area contributed by atoms with Gasteiger partial charge in [0.25, 0.3) is 5.91 Å². The number of amides is 1. The maximum Gasteiger partial charge on any atom is 0.316 e. The minimum Gasteiger partial charge on any atom is -0.468 e. The van der Waals surface area contributed by atoms with E-state index >= 15 is 0 Å². The van der Waals surface area contributed by atoms with Crippen molar-refractivity contribution in [2.45, 2.75) is 11.3 Å². The molecule has 2 aromatic rings. The first-order valence-electron chi connectivity index (χ1n) is 7.11. The van der Waals surface area contributed by atoms with Crippen LogP contribution >= 0.6 is 23.1 Å². The number of sulfonamides is 1. The van der Waals surface area contributed by atoms with Crippen LogP contribution in [-0.2, 0) is 19.6 Å². The van der Waals surface area contributed by atoms with Crippen LogP contribution < -0.4 is 10.0 Å². The summed E-state index contributed by atoms with van der Waals surface area (Å²) in [5.74, 6) is -0.737. The van der Waals surface area contributed by atoms with E-state index in [1.807, 2.05) is 0 Å². The number of nitrogens with one attached hydrogen (secondary N) is 2. The number of aromatic nitrogens is 2. The number of carbonyl (C=O) groups is 2. The maximum absolute atomic E-state index is 12.4. The van der Waals surface area contributed by atoms with Gasteiger partial charge in [-0.05, 0) is 24.6 Å². The SMILES string of the molecule is COC(=O)CSc1nnc(NC(=O)c2cccc(NS(C)(=O)=O)c2C)s1. The molecule has 140 valence electrons. The van der Waals surface area contributed by atoms with Crippen LogP contribution in [0.5, 0.6) is 0 Å². The molecule has 0 bridgehead atoms. The number of rotatable bonds is 7. The number of methoxy groups -OCH3 is 1. The lowest BCUT2D eigenvalue weighted by molar-refractivity contribution is -0.137. The molecule has 1 amide bonds. The number of carbonyl (C=O) groups excluding carboxylic acids is 2. The van der Waals surface area contributed by atoms with Crippen molar-refractivity contribution in [1.82, 2.24) is 10.2 Å². The average Bonchev–Trinajstić information content (AvgIpc) is 3.00. The largest absolute Gasteiger partial charge is 0.468 e. The monoisotopic (exact) mass is 416 g/mol. The summed E-state index contributed by atoms with van der Waals surface area (Å²) >= 11 is 2.27.